The normalized spacial score (nSPS) is 11.2. The minimum Gasteiger partial charge on any atom is -0.494 e. The Balaban J connectivity index is 1.50. The van der Waals surface area contributed by atoms with E-state index in [1.54, 1.807) is 6.08 Å². The van der Waals surface area contributed by atoms with Gasteiger partial charge in [0.05, 0.1) is 6.61 Å². The largest absolute Gasteiger partial charge is 0.494 e. The molecular formula is C29H40N4O3. The van der Waals surface area contributed by atoms with Gasteiger partial charge in [-0.05, 0) is 42.7 Å². The summed E-state index contributed by atoms with van der Waals surface area (Å²) in [4.78, 5) is 16.3. The molecule has 7 nitrogen and oxygen atoms in total. The van der Waals surface area contributed by atoms with Crippen LogP contribution in [-0.4, -0.2) is 31.1 Å². The minimum atomic E-state index is -0.668. The molecule has 0 aromatic heterocycles. The van der Waals surface area contributed by atoms with Crippen LogP contribution in [0.5, 0.6) is 11.5 Å². The third-order valence-electron chi connectivity index (χ3n) is 5.56. The van der Waals surface area contributed by atoms with Crippen LogP contribution in [0.3, 0.4) is 0 Å². The average Bonchev–Trinajstić information content (AvgIpc) is 2.89. The van der Waals surface area contributed by atoms with Crippen LogP contribution in [0, 0.1) is 0 Å². The van der Waals surface area contributed by atoms with Crippen LogP contribution in [0.2, 0.25) is 0 Å². The maximum Gasteiger partial charge on any atom is 0.245 e. The van der Waals surface area contributed by atoms with Gasteiger partial charge in [-0.3, -0.25) is 4.79 Å². The van der Waals surface area contributed by atoms with Gasteiger partial charge in [0.2, 0.25) is 5.91 Å². The Morgan fingerprint density at radius 3 is 2.17 bits per heavy atom. The van der Waals surface area contributed by atoms with Gasteiger partial charge in [-0.25, -0.2) is 4.99 Å². The van der Waals surface area contributed by atoms with Gasteiger partial charge in [-0.1, -0.05) is 80.8 Å². The van der Waals surface area contributed by atoms with Crippen molar-refractivity contribution in [3.63, 3.8) is 0 Å². The Kier molecular flexibility index (Phi) is 13.3. The summed E-state index contributed by atoms with van der Waals surface area (Å²) in [5.41, 5.74) is 12.7. The van der Waals surface area contributed by atoms with Gasteiger partial charge in [0.25, 0.3) is 0 Å². The number of unbranched alkanes of at least 4 members (excludes halogenated alkanes) is 5. The number of carbonyl (C=O) groups is 1. The molecule has 0 aliphatic rings. The number of nitrogens with zero attached hydrogens (tertiary/aromatic N) is 1. The van der Waals surface area contributed by atoms with Crippen LogP contribution in [0.1, 0.15) is 50.5 Å². The number of carbonyl (C=O) groups excluding carboxylic acids is 1. The van der Waals surface area contributed by atoms with Crippen molar-refractivity contribution in [1.29, 1.82) is 0 Å². The average molecular weight is 493 g/mol. The molecule has 0 fully saturated rings. The highest BCUT2D eigenvalue weighted by Gasteiger charge is 2.17. The van der Waals surface area contributed by atoms with E-state index in [1.807, 2.05) is 54.6 Å². The maximum absolute atomic E-state index is 12.3. The number of nitrogens with two attached hydrogens (primary N) is 2. The third-order valence-corrected chi connectivity index (χ3v) is 5.56. The fourth-order valence-electron chi connectivity index (χ4n) is 3.54. The van der Waals surface area contributed by atoms with E-state index in [-0.39, 0.29) is 11.9 Å². The second kappa shape index (κ2) is 16.8. The van der Waals surface area contributed by atoms with Crippen LogP contribution >= 0.6 is 0 Å². The van der Waals surface area contributed by atoms with Gasteiger partial charge < -0.3 is 26.3 Å². The van der Waals surface area contributed by atoms with E-state index in [0.717, 1.165) is 55.6 Å². The molecule has 0 aliphatic carbocycles. The van der Waals surface area contributed by atoms with Gasteiger partial charge >= 0.3 is 0 Å². The summed E-state index contributed by atoms with van der Waals surface area (Å²) in [6.07, 6.45) is 8.30. The zero-order valence-corrected chi connectivity index (χ0v) is 21.2. The number of rotatable bonds is 18. The number of hydrogen-bond acceptors (Lipinski definition) is 4. The van der Waals surface area contributed by atoms with E-state index in [2.05, 4.69) is 23.5 Å². The summed E-state index contributed by atoms with van der Waals surface area (Å²) in [5, 5.41) is 2.91. The molecule has 2 aromatic carbocycles. The van der Waals surface area contributed by atoms with E-state index in [0.29, 0.717) is 31.8 Å². The van der Waals surface area contributed by atoms with Gasteiger partial charge in [-0.15, -0.1) is 0 Å². The van der Waals surface area contributed by atoms with E-state index in [1.165, 1.54) is 0 Å². The number of guanidine groups is 1. The summed E-state index contributed by atoms with van der Waals surface area (Å²) in [5.74, 6) is 1.38. The lowest BCUT2D eigenvalue weighted by molar-refractivity contribution is -0.122. The predicted molar refractivity (Wildman–Crippen MR) is 147 cm³/mol. The van der Waals surface area contributed by atoms with Gasteiger partial charge in [0.15, 0.2) is 5.96 Å². The summed E-state index contributed by atoms with van der Waals surface area (Å²) in [6, 6.07) is 17.2. The van der Waals surface area contributed by atoms with Crippen LogP contribution in [0.15, 0.2) is 84.4 Å². The zero-order chi connectivity index (χ0) is 26.0. The van der Waals surface area contributed by atoms with Crippen molar-refractivity contribution in [2.75, 3.05) is 13.2 Å². The molecule has 0 radical (unpaired) electrons. The van der Waals surface area contributed by atoms with Gasteiger partial charge in [0, 0.05) is 13.0 Å². The smallest absolute Gasteiger partial charge is 0.245 e. The molecule has 0 saturated carbocycles. The number of ether oxygens (including phenoxy) is 2. The molecule has 0 spiro atoms. The molecule has 0 saturated heterocycles. The molecule has 5 N–H and O–H groups in total. The molecule has 0 aliphatic heterocycles. The first-order valence-electron chi connectivity index (χ1n) is 12.5. The second-order valence-corrected chi connectivity index (χ2v) is 8.64. The molecule has 0 bridgehead atoms. The molecule has 1 atom stereocenters. The van der Waals surface area contributed by atoms with Crippen molar-refractivity contribution in [2.24, 2.45) is 16.5 Å². The summed E-state index contributed by atoms with van der Waals surface area (Å²) >= 11 is 0. The van der Waals surface area contributed by atoms with Gasteiger partial charge in [-0.2, -0.15) is 0 Å². The Morgan fingerprint density at radius 1 is 0.917 bits per heavy atom. The molecule has 1 unspecified atom stereocenters. The Morgan fingerprint density at radius 2 is 1.53 bits per heavy atom. The van der Waals surface area contributed by atoms with Crippen molar-refractivity contribution >= 4 is 11.9 Å². The number of allylic oxidation sites excluding steroid dienone is 1. The summed E-state index contributed by atoms with van der Waals surface area (Å²) in [6.45, 7) is 9.33. The first-order chi connectivity index (χ1) is 17.5. The third kappa shape index (κ3) is 12.1. The number of amides is 1. The van der Waals surface area contributed by atoms with E-state index < -0.39 is 6.04 Å². The Bertz CT molecular complexity index is 954. The maximum atomic E-state index is 12.3. The first-order valence-corrected chi connectivity index (χ1v) is 12.5. The van der Waals surface area contributed by atoms with E-state index in [4.69, 9.17) is 20.9 Å². The van der Waals surface area contributed by atoms with Crippen LogP contribution in [-0.2, 0) is 11.4 Å². The van der Waals surface area contributed by atoms with Crippen molar-refractivity contribution in [3.8, 4) is 11.5 Å². The molecular weight excluding hydrogens is 452 g/mol. The van der Waals surface area contributed by atoms with Crippen molar-refractivity contribution in [2.45, 2.75) is 57.6 Å². The summed E-state index contributed by atoms with van der Waals surface area (Å²) < 4.78 is 11.6. The Labute approximate surface area is 215 Å². The number of aliphatic imine (C=N–C) groups is 1. The van der Waals surface area contributed by atoms with Crippen molar-refractivity contribution in [1.82, 2.24) is 5.32 Å². The van der Waals surface area contributed by atoms with Gasteiger partial charge in [0.1, 0.15) is 24.1 Å². The number of hydrogen-bond donors (Lipinski definition) is 3. The van der Waals surface area contributed by atoms with E-state index in [9.17, 15) is 4.79 Å². The fourth-order valence-corrected chi connectivity index (χ4v) is 3.54. The molecule has 0 heterocycles. The standard InChI is InChI=1S/C29H40N4O3/c1-3-23(2)21-27(33-29(30)31)28(34)32-19-11-6-4-5-7-12-20-35-25-15-17-26(18-16-25)36-22-24-13-9-8-10-14-24/h3,8-10,13-18,27H,1-2,4-7,11-12,19-22H2,(H,32,34)(H4,30,31,33). The molecule has 2 aromatic rings. The first kappa shape index (κ1) is 28.5. The molecule has 36 heavy (non-hydrogen) atoms. The molecule has 194 valence electrons. The number of nitrogens with one attached hydrogen (secondary N) is 1. The van der Waals surface area contributed by atoms with Crippen LogP contribution in [0.4, 0.5) is 0 Å². The topological polar surface area (TPSA) is 112 Å². The lowest BCUT2D eigenvalue weighted by Gasteiger charge is -2.13. The molecule has 7 heteroatoms. The van der Waals surface area contributed by atoms with E-state index >= 15 is 0 Å². The number of benzene rings is 2. The fraction of sp³-hybridized carbons (Fsp3) is 0.379. The highest BCUT2D eigenvalue weighted by molar-refractivity contribution is 5.86. The predicted octanol–water partition coefficient (Wildman–Crippen LogP) is 4.88. The summed E-state index contributed by atoms with van der Waals surface area (Å²) in [7, 11) is 0. The Hall–Kier alpha value is -3.74. The minimum absolute atomic E-state index is 0.110. The highest BCUT2D eigenvalue weighted by Crippen LogP contribution is 2.19. The molecule has 1 amide bonds. The highest BCUT2D eigenvalue weighted by atomic mass is 16.5. The van der Waals surface area contributed by atoms with Crippen LogP contribution in [0.25, 0.3) is 0 Å². The molecule has 2 rings (SSSR count). The van der Waals surface area contributed by atoms with Crippen molar-refractivity contribution in [3.05, 3.63) is 85.0 Å². The lowest BCUT2D eigenvalue weighted by atomic mass is 10.1. The second-order valence-electron chi connectivity index (χ2n) is 8.64. The lowest BCUT2D eigenvalue weighted by Crippen LogP contribution is -2.37. The SMILES string of the molecule is C=CC(=C)CC(N=C(N)N)C(=O)NCCCCCCCCOc1ccc(OCc2ccccc2)cc1. The monoisotopic (exact) mass is 492 g/mol. The zero-order valence-electron chi connectivity index (χ0n) is 21.2. The quantitative estimate of drug-likeness (QED) is 0.119. The van der Waals surface area contributed by atoms with Crippen molar-refractivity contribution < 1.29 is 14.3 Å². The van der Waals surface area contributed by atoms with Crippen LogP contribution < -0.4 is 26.3 Å².